The van der Waals surface area contributed by atoms with Gasteiger partial charge in [-0.25, -0.2) is 10.2 Å². The highest BCUT2D eigenvalue weighted by molar-refractivity contribution is 5.57. The molecular formula is C10H13N3O. The average Bonchev–Trinajstić information content (AvgIpc) is 2.11. The largest absolute Gasteiger partial charge is 0.399 e. The maximum Gasteiger partial charge on any atom is 0.231 e. The van der Waals surface area contributed by atoms with E-state index in [1.165, 1.54) is 0 Å². The third-order valence-electron chi connectivity index (χ3n) is 1.53. The van der Waals surface area contributed by atoms with Crippen molar-refractivity contribution in [2.75, 3.05) is 11.5 Å². The van der Waals surface area contributed by atoms with Crippen LogP contribution < -0.4 is 11.5 Å². The zero-order chi connectivity index (χ0) is 11.0. The maximum absolute atomic E-state index is 8.35. The number of allylic oxidation sites excluding steroid dienone is 1. The number of hydrogen-bond donors (Lipinski definition) is 3. The summed E-state index contributed by atoms with van der Waals surface area (Å²) in [4.78, 5) is 8.35. The van der Waals surface area contributed by atoms with Crippen molar-refractivity contribution in [1.29, 1.82) is 5.41 Å². The van der Waals surface area contributed by atoms with Crippen LogP contribution >= 0.6 is 0 Å². The third kappa shape index (κ3) is 4.09. The second kappa shape index (κ2) is 6.46. The molecule has 0 aliphatic heterocycles. The molecule has 0 aliphatic carbocycles. The second-order valence-electron chi connectivity index (χ2n) is 2.55. The van der Waals surface area contributed by atoms with Gasteiger partial charge in [0.25, 0.3) is 0 Å². The minimum absolute atomic E-state index is 0.704. The lowest BCUT2D eigenvalue weighted by molar-refractivity contribution is 0.563. The topological polar surface area (TPSA) is 93.0 Å². The van der Waals surface area contributed by atoms with E-state index in [0.29, 0.717) is 5.69 Å². The van der Waals surface area contributed by atoms with E-state index in [0.717, 1.165) is 23.8 Å². The van der Waals surface area contributed by atoms with Crippen molar-refractivity contribution >= 4 is 17.5 Å². The first-order chi connectivity index (χ1) is 6.65. The Kier molecular flexibility index (Phi) is 5.51. The molecule has 0 heterocycles. The molecular weight excluding hydrogens is 178 g/mol. The smallest absolute Gasteiger partial charge is 0.231 e. The summed E-state index contributed by atoms with van der Waals surface area (Å²) in [5.74, 6) is 0. The molecule has 4 nitrogen and oxygen atoms in total. The Morgan fingerprint density at radius 3 is 2.50 bits per heavy atom. The van der Waals surface area contributed by atoms with E-state index >= 15 is 0 Å². The van der Waals surface area contributed by atoms with Gasteiger partial charge in [0.15, 0.2) is 0 Å². The molecule has 74 valence electrons. The third-order valence-corrected chi connectivity index (χ3v) is 1.53. The number of carbonyl (C=O) groups excluding carboxylic acids is 1. The predicted molar refractivity (Wildman–Crippen MR) is 57.6 cm³/mol. The monoisotopic (exact) mass is 191 g/mol. The number of anilines is 2. The van der Waals surface area contributed by atoms with E-state index in [2.05, 4.69) is 6.58 Å². The first-order valence-electron chi connectivity index (χ1n) is 3.94. The van der Waals surface area contributed by atoms with Crippen LogP contribution in [0.4, 0.5) is 11.4 Å². The molecule has 1 aromatic rings. The molecule has 0 radical (unpaired) electrons. The Bertz CT molecular complexity index is 341. The molecule has 4 heteroatoms. The summed E-state index contributed by atoms with van der Waals surface area (Å²) in [6.45, 7) is 3.63. The van der Waals surface area contributed by atoms with Crippen LogP contribution in [0, 0.1) is 5.41 Å². The Balaban J connectivity index is 0.000000500. The van der Waals surface area contributed by atoms with Gasteiger partial charge in [-0.15, -0.1) is 6.58 Å². The van der Waals surface area contributed by atoms with Gasteiger partial charge in [0.05, 0.1) is 0 Å². The Hall–Kier alpha value is -2.06. The van der Waals surface area contributed by atoms with Crippen LogP contribution in [0.3, 0.4) is 0 Å². The summed E-state index contributed by atoms with van der Waals surface area (Å²) in [5, 5.41) is 5.40. The van der Waals surface area contributed by atoms with Gasteiger partial charge in [0, 0.05) is 11.4 Å². The highest BCUT2D eigenvalue weighted by atomic mass is 16.1. The van der Waals surface area contributed by atoms with E-state index in [9.17, 15) is 0 Å². The predicted octanol–water partition coefficient (Wildman–Crippen LogP) is 1.48. The SMILES string of the molecule is C=CCc1ccc(N)cc1N.N=C=O. The first kappa shape index (κ1) is 11.9. The highest BCUT2D eigenvalue weighted by Gasteiger charge is 1.95. The van der Waals surface area contributed by atoms with Gasteiger partial charge in [-0.3, -0.25) is 0 Å². The summed E-state index contributed by atoms with van der Waals surface area (Å²) in [6, 6.07) is 5.53. The van der Waals surface area contributed by atoms with Crippen LogP contribution in [0.1, 0.15) is 5.56 Å². The van der Waals surface area contributed by atoms with Crippen molar-refractivity contribution in [3.8, 4) is 0 Å². The standard InChI is InChI=1S/C9H12N2.CHNO/c1-2-3-7-4-5-8(10)6-9(7)11;2-1-3/h2,4-6H,1,3,10-11H2;2H. The molecule has 0 fully saturated rings. The average molecular weight is 191 g/mol. The summed E-state index contributed by atoms with van der Waals surface area (Å²) in [5.41, 5.74) is 13.7. The molecule has 0 aromatic heterocycles. The van der Waals surface area contributed by atoms with E-state index in [-0.39, 0.29) is 0 Å². The zero-order valence-corrected chi connectivity index (χ0v) is 7.79. The van der Waals surface area contributed by atoms with Crippen LogP contribution in [0.15, 0.2) is 30.9 Å². The minimum atomic E-state index is 0.704. The molecule has 0 atom stereocenters. The fraction of sp³-hybridized carbons (Fsp3) is 0.100. The summed E-state index contributed by atoms with van der Waals surface area (Å²) >= 11 is 0. The van der Waals surface area contributed by atoms with E-state index in [1.807, 2.05) is 18.2 Å². The van der Waals surface area contributed by atoms with Crippen molar-refractivity contribution in [1.82, 2.24) is 0 Å². The van der Waals surface area contributed by atoms with Gasteiger partial charge in [0.2, 0.25) is 6.08 Å². The molecule has 5 N–H and O–H groups in total. The number of isocyanates is 1. The molecule has 0 bridgehead atoms. The molecule has 14 heavy (non-hydrogen) atoms. The van der Waals surface area contributed by atoms with Gasteiger partial charge in [0.1, 0.15) is 0 Å². The minimum Gasteiger partial charge on any atom is -0.399 e. The van der Waals surface area contributed by atoms with E-state index in [4.69, 9.17) is 21.7 Å². The van der Waals surface area contributed by atoms with E-state index < -0.39 is 0 Å². The normalized spacial score (nSPS) is 8.00. The van der Waals surface area contributed by atoms with Gasteiger partial charge < -0.3 is 11.5 Å². The number of nitrogens with two attached hydrogens (primary N) is 2. The quantitative estimate of drug-likeness (QED) is 0.286. The molecule has 1 aromatic carbocycles. The number of nitrogen functional groups attached to an aromatic ring is 2. The molecule has 0 unspecified atom stereocenters. The zero-order valence-electron chi connectivity index (χ0n) is 7.79. The van der Waals surface area contributed by atoms with Crippen LogP contribution in [0.5, 0.6) is 0 Å². The Labute approximate surface area is 82.7 Å². The summed E-state index contributed by atoms with van der Waals surface area (Å²) in [6.07, 6.45) is 3.37. The number of benzene rings is 1. The second-order valence-corrected chi connectivity index (χ2v) is 2.55. The molecule has 0 spiro atoms. The molecule has 0 saturated carbocycles. The van der Waals surface area contributed by atoms with Crippen molar-refractivity contribution < 1.29 is 4.79 Å². The molecule has 1 rings (SSSR count). The van der Waals surface area contributed by atoms with Crippen LogP contribution in [0.2, 0.25) is 0 Å². The van der Waals surface area contributed by atoms with Gasteiger partial charge in [-0.05, 0) is 24.1 Å². The maximum atomic E-state index is 8.35. The first-order valence-corrected chi connectivity index (χ1v) is 3.94. The fourth-order valence-corrected chi connectivity index (χ4v) is 0.955. The highest BCUT2D eigenvalue weighted by Crippen LogP contribution is 2.15. The molecule has 0 saturated heterocycles. The van der Waals surface area contributed by atoms with Crippen molar-refractivity contribution in [2.24, 2.45) is 0 Å². The van der Waals surface area contributed by atoms with Gasteiger partial charge in [-0.1, -0.05) is 12.1 Å². The lowest BCUT2D eigenvalue weighted by Crippen LogP contribution is -1.94. The fourth-order valence-electron chi connectivity index (χ4n) is 0.955. The van der Waals surface area contributed by atoms with Crippen molar-refractivity contribution in [2.45, 2.75) is 6.42 Å². The Morgan fingerprint density at radius 2 is 2.07 bits per heavy atom. The lowest BCUT2D eigenvalue weighted by Gasteiger charge is -2.02. The lowest BCUT2D eigenvalue weighted by atomic mass is 10.1. The van der Waals surface area contributed by atoms with Crippen LogP contribution in [-0.4, -0.2) is 6.08 Å². The van der Waals surface area contributed by atoms with E-state index in [1.54, 1.807) is 6.07 Å². The van der Waals surface area contributed by atoms with Crippen LogP contribution in [0.25, 0.3) is 0 Å². The summed E-state index contributed by atoms with van der Waals surface area (Å²) < 4.78 is 0. The van der Waals surface area contributed by atoms with Crippen molar-refractivity contribution in [3.63, 3.8) is 0 Å². The van der Waals surface area contributed by atoms with Crippen LogP contribution in [-0.2, 0) is 11.2 Å². The molecule has 0 amide bonds. The van der Waals surface area contributed by atoms with Gasteiger partial charge >= 0.3 is 0 Å². The number of nitrogens with one attached hydrogen (secondary N) is 1. The molecule has 0 aliphatic rings. The summed E-state index contributed by atoms with van der Waals surface area (Å²) in [7, 11) is 0. The number of rotatable bonds is 2. The van der Waals surface area contributed by atoms with Gasteiger partial charge in [-0.2, -0.15) is 0 Å². The Morgan fingerprint density at radius 1 is 1.50 bits per heavy atom. The van der Waals surface area contributed by atoms with Crippen molar-refractivity contribution in [3.05, 3.63) is 36.4 Å². The number of hydrogen-bond acceptors (Lipinski definition) is 4.